The second-order valence-electron chi connectivity index (χ2n) is 16.1. The maximum atomic E-state index is 12.0. The summed E-state index contributed by atoms with van der Waals surface area (Å²) < 4.78 is 0. The molecule has 69 heavy (non-hydrogen) atoms. The average molecular weight is 1080 g/mol. The van der Waals surface area contributed by atoms with Gasteiger partial charge in [0.25, 0.3) is 0 Å². The second-order valence-corrected chi connectivity index (χ2v) is 16.1. The van der Waals surface area contributed by atoms with E-state index in [9.17, 15) is 20.4 Å². The fourth-order valence-corrected chi connectivity index (χ4v) is 6.92. The van der Waals surface area contributed by atoms with E-state index in [-0.39, 0.29) is 49.4 Å². The van der Waals surface area contributed by atoms with Crippen molar-refractivity contribution in [2.75, 3.05) is 0 Å². The molecule has 0 aromatic heterocycles. The zero-order valence-electron chi connectivity index (χ0n) is 40.4. The van der Waals surface area contributed by atoms with Gasteiger partial charge in [-0.05, 0) is 146 Å². The van der Waals surface area contributed by atoms with E-state index in [0.29, 0.717) is 22.3 Å². The van der Waals surface area contributed by atoms with Gasteiger partial charge in [0, 0.05) is 0 Å². The van der Waals surface area contributed by atoms with Gasteiger partial charge in [-0.3, -0.25) is 20.0 Å². The minimum absolute atomic E-state index is 0. The van der Waals surface area contributed by atoms with Crippen LogP contribution < -0.4 is 20.4 Å². The first-order chi connectivity index (χ1) is 32.7. The number of rotatable bonds is 8. The number of para-hydroxylation sites is 4. The maximum Gasteiger partial charge on any atom is 4.00 e. The van der Waals surface area contributed by atoms with Gasteiger partial charge >= 0.3 is 25.8 Å². The van der Waals surface area contributed by atoms with Crippen molar-refractivity contribution in [1.82, 2.24) is 0 Å². The number of aryl methyl sites for hydroxylation is 8. The minimum atomic E-state index is -0.192. The summed E-state index contributed by atoms with van der Waals surface area (Å²) in [6.45, 7) is 15.7. The van der Waals surface area contributed by atoms with Gasteiger partial charge in [-0.1, -0.05) is 194 Å². The summed E-state index contributed by atoms with van der Waals surface area (Å²) in [5.41, 5.74) is 13.8. The van der Waals surface area contributed by atoms with Crippen LogP contribution in [0.4, 0.5) is 22.7 Å². The third kappa shape index (κ3) is 16.4. The van der Waals surface area contributed by atoms with Crippen LogP contribution in [-0.2, 0) is 25.8 Å². The zero-order valence-corrected chi connectivity index (χ0v) is 44.0. The Morgan fingerprint density at radius 3 is 0.522 bits per heavy atom. The number of aliphatic imine (C=N–C) groups is 4. The molecule has 0 spiro atoms. The molecule has 8 aromatic rings. The van der Waals surface area contributed by atoms with Crippen molar-refractivity contribution >= 4 is 46.3 Å². The van der Waals surface area contributed by atoms with Gasteiger partial charge in [-0.15, -0.1) is 0 Å². The summed E-state index contributed by atoms with van der Waals surface area (Å²) in [7, 11) is 0. The van der Waals surface area contributed by atoms with E-state index in [1.165, 1.54) is 0 Å². The Labute approximate surface area is 426 Å². The van der Waals surface area contributed by atoms with Gasteiger partial charge in [0.15, 0.2) is 0 Å². The standard InChI is InChI=1S/4C15H15NO.Hf/c4*1-11-7-6-8-12(2)14(11)16-15(17)13-9-4-3-5-10-13;/h4*3-10H,1-2H3,(H,16,17);/q;;;;+4/p-4. The smallest absolute Gasteiger partial charge is 0.858 e. The molecule has 8 aromatic carbocycles. The molecule has 0 aliphatic rings. The quantitative estimate of drug-likeness (QED) is 0.0848. The molecule has 0 fully saturated rings. The Morgan fingerprint density at radius 1 is 0.232 bits per heavy atom. The van der Waals surface area contributed by atoms with Gasteiger partial charge in [0.2, 0.25) is 0 Å². The summed E-state index contributed by atoms with van der Waals surface area (Å²) in [6, 6.07) is 60.1. The van der Waals surface area contributed by atoms with Crippen molar-refractivity contribution in [3.8, 4) is 0 Å². The van der Waals surface area contributed by atoms with Crippen LogP contribution in [0.5, 0.6) is 0 Å². The molecule has 0 bridgehead atoms. The van der Waals surface area contributed by atoms with Crippen LogP contribution >= 0.6 is 0 Å². The van der Waals surface area contributed by atoms with E-state index in [1.54, 1.807) is 48.5 Å². The van der Waals surface area contributed by atoms with E-state index in [2.05, 4.69) is 20.0 Å². The van der Waals surface area contributed by atoms with Crippen molar-refractivity contribution in [2.24, 2.45) is 20.0 Å². The first-order valence-corrected chi connectivity index (χ1v) is 22.2. The molecule has 9 heteroatoms. The molecule has 0 radical (unpaired) electrons. The molecule has 0 aliphatic carbocycles. The monoisotopic (exact) mass is 1080 g/mol. The summed E-state index contributed by atoms with van der Waals surface area (Å²) >= 11 is 0. The molecular weight excluding hydrogens is 1020 g/mol. The molecule has 8 rings (SSSR count). The molecule has 8 nitrogen and oxygen atoms in total. The topological polar surface area (TPSA) is 142 Å². The predicted molar refractivity (Wildman–Crippen MR) is 274 cm³/mol. The van der Waals surface area contributed by atoms with Gasteiger partial charge in [0.05, 0.1) is 22.7 Å². The summed E-state index contributed by atoms with van der Waals surface area (Å²) in [5.74, 6) is -0.767. The van der Waals surface area contributed by atoms with Crippen molar-refractivity contribution in [2.45, 2.75) is 55.4 Å². The van der Waals surface area contributed by atoms with Crippen LogP contribution in [0.3, 0.4) is 0 Å². The molecule has 0 saturated carbocycles. The molecule has 0 unspecified atom stereocenters. The molecule has 0 saturated heterocycles. The first-order valence-electron chi connectivity index (χ1n) is 22.2. The average Bonchev–Trinajstić information content (AvgIpc) is 3.35. The number of benzene rings is 8. The van der Waals surface area contributed by atoms with E-state index < -0.39 is 0 Å². The number of hydrogen-bond acceptors (Lipinski definition) is 8. The molecule has 344 valence electrons. The van der Waals surface area contributed by atoms with Crippen LogP contribution in [0, 0.1) is 55.4 Å². The van der Waals surface area contributed by atoms with Crippen LogP contribution in [0.15, 0.2) is 214 Å². The van der Waals surface area contributed by atoms with Gasteiger partial charge in [-0.2, -0.15) is 0 Å². The van der Waals surface area contributed by atoms with Crippen molar-refractivity contribution < 1.29 is 46.3 Å². The van der Waals surface area contributed by atoms with Crippen LogP contribution in [0.25, 0.3) is 0 Å². The van der Waals surface area contributed by atoms with E-state index >= 15 is 0 Å². The minimum Gasteiger partial charge on any atom is -0.858 e. The van der Waals surface area contributed by atoms with Gasteiger partial charge in [0.1, 0.15) is 0 Å². The Hall–Kier alpha value is -7.49. The molecule has 0 atom stereocenters. The van der Waals surface area contributed by atoms with Crippen LogP contribution in [0.1, 0.15) is 66.8 Å². The zero-order chi connectivity index (χ0) is 49.0. The van der Waals surface area contributed by atoms with E-state index in [1.807, 2.05) is 201 Å². The Bertz CT molecular complexity index is 2510. The normalized spacial score (nSPS) is 11.4. The third-order valence-corrected chi connectivity index (χ3v) is 10.7. The van der Waals surface area contributed by atoms with E-state index in [4.69, 9.17) is 0 Å². The SMILES string of the molecule is Cc1cccc(C)c1N=C([O-])c1ccccc1.Cc1cccc(C)c1N=C([O-])c1ccccc1.Cc1cccc(C)c1N=C([O-])c1ccccc1.Cc1cccc(C)c1N=C([O-])c1ccccc1.[Hf+4]. The molecule has 0 amide bonds. The third-order valence-electron chi connectivity index (χ3n) is 10.7. The molecule has 0 N–H and O–H groups in total. The van der Waals surface area contributed by atoms with Gasteiger partial charge < -0.3 is 20.4 Å². The fraction of sp³-hybridized carbons (Fsp3) is 0.133. The summed E-state index contributed by atoms with van der Waals surface area (Å²) in [5, 5.41) is 47.8. The molecule has 0 heterocycles. The van der Waals surface area contributed by atoms with Crippen LogP contribution in [0.2, 0.25) is 0 Å². The Morgan fingerprint density at radius 2 is 0.377 bits per heavy atom. The predicted octanol–water partition coefficient (Wildman–Crippen LogP) is 11.0. The van der Waals surface area contributed by atoms with E-state index in [0.717, 1.165) is 67.3 Å². The summed E-state index contributed by atoms with van der Waals surface area (Å²) in [6.07, 6.45) is 0. The second kappa shape index (κ2) is 27.4. The number of nitrogens with zero attached hydrogens (tertiary/aromatic N) is 4. The Kier molecular flexibility index (Phi) is 21.5. The largest absolute Gasteiger partial charge is 4.00 e. The maximum absolute atomic E-state index is 12.0. The summed E-state index contributed by atoms with van der Waals surface area (Å²) in [4.78, 5) is 16.8. The molecular formula is C60H56HfN4O4. The van der Waals surface area contributed by atoms with Crippen molar-refractivity contribution in [1.29, 1.82) is 0 Å². The molecule has 0 aliphatic heterocycles. The fourth-order valence-electron chi connectivity index (χ4n) is 6.92. The first kappa shape index (κ1) is 54.1. The number of hydrogen-bond donors (Lipinski definition) is 0. The van der Waals surface area contributed by atoms with Crippen molar-refractivity contribution in [3.63, 3.8) is 0 Å². The Balaban J connectivity index is 0.000000199. The van der Waals surface area contributed by atoms with Crippen LogP contribution in [-0.4, -0.2) is 23.6 Å². The van der Waals surface area contributed by atoms with Gasteiger partial charge in [-0.25, -0.2) is 0 Å². The van der Waals surface area contributed by atoms with Crippen molar-refractivity contribution in [3.05, 3.63) is 261 Å².